The Kier molecular flexibility index (Phi) is 4.88. The molecule has 4 rings (SSSR count). The minimum atomic E-state index is -0.625. The van der Waals surface area contributed by atoms with Crippen molar-refractivity contribution < 1.29 is 0 Å². The first-order valence-corrected chi connectivity index (χ1v) is 9.01. The van der Waals surface area contributed by atoms with Crippen molar-refractivity contribution in [2.45, 2.75) is 5.54 Å². The molecule has 0 fully saturated rings. The lowest BCUT2D eigenvalue weighted by molar-refractivity contribution is 0.660. The summed E-state index contributed by atoms with van der Waals surface area (Å²) in [5.74, 6) is 0. The van der Waals surface area contributed by atoms with Crippen LogP contribution in [-0.2, 0) is 5.54 Å². The van der Waals surface area contributed by atoms with E-state index in [0.717, 1.165) is 22.3 Å². The van der Waals surface area contributed by atoms with E-state index in [1.165, 1.54) is 0 Å². The van der Waals surface area contributed by atoms with Crippen LogP contribution >= 0.6 is 0 Å². The van der Waals surface area contributed by atoms with Gasteiger partial charge in [0.2, 0.25) is 0 Å². The molecule has 0 amide bonds. The molecule has 0 N–H and O–H groups in total. The minimum absolute atomic E-state index is 0.625. The van der Waals surface area contributed by atoms with Crippen molar-refractivity contribution in [1.29, 1.82) is 0 Å². The van der Waals surface area contributed by atoms with Gasteiger partial charge in [-0.25, -0.2) is 0 Å². The van der Waals surface area contributed by atoms with Crippen LogP contribution in [0.3, 0.4) is 0 Å². The number of hydrogen-bond acceptors (Lipinski definition) is 2. The minimum Gasteiger partial charge on any atom is -0.271 e. The molecule has 3 aromatic carbocycles. The maximum absolute atomic E-state index is 5.17. The van der Waals surface area contributed by atoms with Crippen LogP contribution in [-0.4, -0.2) is 11.2 Å². The molecule has 27 heavy (non-hydrogen) atoms. The van der Waals surface area contributed by atoms with E-state index in [2.05, 4.69) is 77.8 Å². The molecule has 0 aliphatic rings. The van der Waals surface area contributed by atoms with Gasteiger partial charge in [0.25, 0.3) is 0 Å². The summed E-state index contributed by atoms with van der Waals surface area (Å²) in [7, 11) is 0. The van der Waals surface area contributed by atoms with E-state index < -0.39 is 5.54 Å². The summed E-state index contributed by atoms with van der Waals surface area (Å²) in [6.07, 6.45) is 5.52. The van der Waals surface area contributed by atoms with Crippen molar-refractivity contribution in [3.63, 3.8) is 0 Å². The number of pyridine rings is 1. The van der Waals surface area contributed by atoms with Gasteiger partial charge in [0.1, 0.15) is 5.54 Å². The van der Waals surface area contributed by atoms with E-state index >= 15 is 0 Å². The third-order valence-electron chi connectivity index (χ3n) is 4.67. The molecule has 1 heterocycles. The van der Waals surface area contributed by atoms with Crippen LogP contribution in [0.4, 0.5) is 0 Å². The number of aliphatic imine (C=N–C) groups is 1. The fourth-order valence-electron chi connectivity index (χ4n) is 3.39. The van der Waals surface area contributed by atoms with Crippen molar-refractivity contribution >= 4 is 6.21 Å². The highest BCUT2D eigenvalue weighted by Crippen LogP contribution is 2.40. The highest BCUT2D eigenvalue weighted by molar-refractivity contribution is 5.80. The van der Waals surface area contributed by atoms with Crippen LogP contribution in [0.5, 0.6) is 0 Å². The Hall–Kier alpha value is -3.52. The Labute approximate surface area is 159 Å². The highest BCUT2D eigenvalue weighted by atomic mass is 14.9. The smallest absolute Gasteiger partial charge is 0.136 e. The summed E-state index contributed by atoms with van der Waals surface area (Å²) in [5, 5.41) is 0. The standard InChI is InChI=1S/C25H20N2/c1-4-12-22(13-5-1)25(23-14-6-2-7-15-23,24-16-8-3-9-17-24)27-20-21-11-10-18-26-19-21/h1-20H. The number of benzene rings is 3. The molecule has 0 aliphatic carbocycles. The second-order valence-corrected chi connectivity index (χ2v) is 6.35. The van der Waals surface area contributed by atoms with Crippen molar-refractivity contribution in [3.8, 4) is 0 Å². The maximum atomic E-state index is 5.17. The van der Waals surface area contributed by atoms with Gasteiger partial charge < -0.3 is 0 Å². The Morgan fingerprint density at radius 1 is 0.593 bits per heavy atom. The first-order valence-electron chi connectivity index (χ1n) is 9.01. The lowest BCUT2D eigenvalue weighted by atomic mass is 9.77. The number of nitrogens with zero attached hydrogens (tertiary/aromatic N) is 2. The second-order valence-electron chi connectivity index (χ2n) is 6.35. The van der Waals surface area contributed by atoms with Gasteiger partial charge in [0.15, 0.2) is 0 Å². The van der Waals surface area contributed by atoms with E-state index in [1.807, 2.05) is 42.7 Å². The van der Waals surface area contributed by atoms with Crippen molar-refractivity contribution in [1.82, 2.24) is 4.98 Å². The van der Waals surface area contributed by atoms with Gasteiger partial charge in [-0.05, 0) is 22.8 Å². The molecule has 130 valence electrons. The average Bonchev–Trinajstić information content (AvgIpc) is 2.77. The van der Waals surface area contributed by atoms with Crippen LogP contribution in [0.15, 0.2) is 121 Å². The van der Waals surface area contributed by atoms with Gasteiger partial charge in [-0.3, -0.25) is 9.98 Å². The number of hydrogen-bond donors (Lipinski definition) is 0. The molecule has 0 radical (unpaired) electrons. The molecular weight excluding hydrogens is 328 g/mol. The summed E-state index contributed by atoms with van der Waals surface area (Å²) < 4.78 is 0. The van der Waals surface area contributed by atoms with Crippen LogP contribution < -0.4 is 0 Å². The van der Waals surface area contributed by atoms with E-state index in [0.29, 0.717) is 0 Å². The Balaban J connectivity index is 1.99. The van der Waals surface area contributed by atoms with E-state index in [-0.39, 0.29) is 0 Å². The predicted molar refractivity (Wildman–Crippen MR) is 111 cm³/mol. The first-order chi connectivity index (χ1) is 13.4. The summed E-state index contributed by atoms with van der Waals surface area (Å²) in [6.45, 7) is 0. The fraction of sp³-hybridized carbons (Fsp3) is 0.0400. The van der Waals surface area contributed by atoms with Gasteiger partial charge in [-0.2, -0.15) is 0 Å². The van der Waals surface area contributed by atoms with Crippen molar-refractivity contribution in [2.75, 3.05) is 0 Å². The molecule has 1 aromatic heterocycles. The Bertz CT molecular complexity index is 898. The van der Waals surface area contributed by atoms with Crippen molar-refractivity contribution in [2.24, 2.45) is 4.99 Å². The van der Waals surface area contributed by atoms with E-state index in [4.69, 9.17) is 4.99 Å². The fourth-order valence-corrected chi connectivity index (χ4v) is 3.39. The summed E-state index contributed by atoms with van der Waals surface area (Å²) in [4.78, 5) is 9.38. The molecule has 2 heteroatoms. The Morgan fingerprint density at radius 2 is 1.07 bits per heavy atom. The van der Waals surface area contributed by atoms with Crippen LogP contribution in [0.25, 0.3) is 0 Å². The largest absolute Gasteiger partial charge is 0.271 e. The number of aromatic nitrogens is 1. The molecule has 2 nitrogen and oxygen atoms in total. The lowest BCUT2D eigenvalue weighted by Gasteiger charge is -2.32. The zero-order valence-electron chi connectivity index (χ0n) is 14.9. The van der Waals surface area contributed by atoms with Gasteiger partial charge in [0, 0.05) is 24.2 Å². The van der Waals surface area contributed by atoms with Gasteiger partial charge in [-0.1, -0.05) is 97.1 Å². The predicted octanol–water partition coefficient (Wildman–Crippen LogP) is 5.49. The first kappa shape index (κ1) is 16.9. The third-order valence-corrected chi connectivity index (χ3v) is 4.67. The quantitative estimate of drug-likeness (QED) is 0.346. The summed E-state index contributed by atoms with van der Waals surface area (Å²) in [6, 6.07) is 35.3. The molecule has 0 unspecified atom stereocenters. The topological polar surface area (TPSA) is 25.2 Å². The average molecular weight is 348 g/mol. The molecule has 0 bridgehead atoms. The zero-order chi connectivity index (χ0) is 18.4. The monoisotopic (exact) mass is 348 g/mol. The van der Waals surface area contributed by atoms with Gasteiger partial charge >= 0.3 is 0 Å². The van der Waals surface area contributed by atoms with Crippen LogP contribution in [0.2, 0.25) is 0 Å². The van der Waals surface area contributed by atoms with Crippen LogP contribution in [0, 0.1) is 0 Å². The summed E-state index contributed by atoms with van der Waals surface area (Å²) >= 11 is 0. The Morgan fingerprint density at radius 3 is 1.48 bits per heavy atom. The SMILES string of the molecule is C(=NC(c1ccccc1)(c1ccccc1)c1ccccc1)c1cccnc1. The number of rotatable bonds is 5. The normalized spacial score (nSPS) is 11.6. The van der Waals surface area contributed by atoms with Gasteiger partial charge in [-0.15, -0.1) is 0 Å². The molecule has 0 saturated carbocycles. The molecule has 0 spiro atoms. The summed E-state index contributed by atoms with van der Waals surface area (Å²) in [5.41, 5.74) is 3.73. The molecule has 0 aliphatic heterocycles. The molecule has 4 aromatic rings. The maximum Gasteiger partial charge on any atom is 0.136 e. The second kappa shape index (κ2) is 7.79. The van der Waals surface area contributed by atoms with Crippen molar-refractivity contribution in [3.05, 3.63) is 138 Å². The van der Waals surface area contributed by atoms with Crippen LogP contribution in [0.1, 0.15) is 22.3 Å². The molecular formula is C25H20N2. The zero-order valence-corrected chi connectivity index (χ0v) is 14.9. The van der Waals surface area contributed by atoms with Gasteiger partial charge in [0.05, 0.1) is 0 Å². The third kappa shape index (κ3) is 3.42. The van der Waals surface area contributed by atoms with E-state index in [1.54, 1.807) is 6.20 Å². The van der Waals surface area contributed by atoms with E-state index in [9.17, 15) is 0 Å². The highest BCUT2D eigenvalue weighted by Gasteiger charge is 2.35. The lowest BCUT2D eigenvalue weighted by Crippen LogP contribution is -2.27. The molecule has 0 atom stereocenters. The molecule has 0 saturated heterocycles.